The van der Waals surface area contributed by atoms with Gasteiger partial charge in [0.1, 0.15) is 5.72 Å². The van der Waals surface area contributed by atoms with E-state index in [9.17, 15) is 4.79 Å². The average Bonchev–Trinajstić information content (AvgIpc) is 2.80. The molecule has 0 saturated carbocycles. The fourth-order valence-electron chi connectivity index (χ4n) is 4.93. The Morgan fingerprint density at radius 2 is 1.14 bits per heavy atom. The number of unbranched alkanes of at least 4 members (excludes halogenated alkanes) is 11. The van der Waals surface area contributed by atoms with Crippen LogP contribution in [0.2, 0.25) is 0 Å². The van der Waals surface area contributed by atoms with Gasteiger partial charge in [0, 0.05) is 17.5 Å². The van der Waals surface area contributed by atoms with E-state index in [-0.39, 0.29) is 17.4 Å². The number of hydrogen-bond donors (Lipinski definition) is 2. The molecule has 0 aromatic carbocycles. The van der Waals surface area contributed by atoms with Gasteiger partial charge in [0.25, 0.3) is 0 Å². The quantitative estimate of drug-likeness (QED) is 0.0950. The van der Waals surface area contributed by atoms with Gasteiger partial charge in [-0.25, -0.2) is 0 Å². The summed E-state index contributed by atoms with van der Waals surface area (Å²) in [6, 6.07) is 0.588. The van der Waals surface area contributed by atoms with E-state index in [1.165, 1.54) is 96.3 Å². The molecule has 0 spiro atoms. The van der Waals surface area contributed by atoms with Crippen molar-refractivity contribution in [2.24, 2.45) is 5.92 Å². The second-order valence-corrected chi connectivity index (χ2v) is 12.5. The highest BCUT2D eigenvalue weighted by Crippen LogP contribution is 2.20. The summed E-state index contributed by atoms with van der Waals surface area (Å²) >= 11 is 0. The lowest BCUT2D eigenvalue weighted by Gasteiger charge is -2.34. The van der Waals surface area contributed by atoms with Gasteiger partial charge in [-0.3, -0.25) is 4.79 Å². The molecule has 36 heavy (non-hydrogen) atoms. The van der Waals surface area contributed by atoms with Crippen molar-refractivity contribution in [2.75, 3.05) is 6.61 Å². The highest BCUT2D eigenvalue weighted by Gasteiger charge is 2.26. The molecule has 0 aliphatic rings. The first kappa shape index (κ1) is 35.4. The second kappa shape index (κ2) is 21.3. The molecule has 2 N–H and O–H groups in total. The van der Waals surface area contributed by atoms with E-state index in [4.69, 9.17) is 4.74 Å². The maximum atomic E-state index is 12.7. The van der Waals surface area contributed by atoms with Gasteiger partial charge in [-0.05, 0) is 53.4 Å². The minimum Gasteiger partial charge on any atom is -0.356 e. The first-order valence-electron chi connectivity index (χ1n) is 15.8. The van der Waals surface area contributed by atoms with Crippen LogP contribution in [-0.4, -0.2) is 29.8 Å². The van der Waals surface area contributed by atoms with Crippen LogP contribution in [0.1, 0.15) is 171 Å². The molecule has 0 aromatic heterocycles. The Labute approximate surface area is 226 Å². The molecule has 216 valence electrons. The number of nitrogens with one attached hydrogen (secondary N) is 2. The fourth-order valence-corrected chi connectivity index (χ4v) is 4.93. The zero-order valence-electron chi connectivity index (χ0n) is 25.9. The predicted molar refractivity (Wildman–Crippen MR) is 158 cm³/mol. The molecule has 0 saturated heterocycles. The van der Waals surface area contributed by atoms with E-state index in [0.717, 1.165) is 19.3 Å². The maximum absolute atomic E-state index is 12.7. The van der Waals surface area contributed by atoms with Crippen LogP contribution < -0.4 is 10.6 Å². The fraction of sp³-hybridized carbons (Fsp3) is 0.969. The molecule has 1 atom stereocenters. The van der Waals surface area contributed by atoms with Crippen LogP contribution in [0.5, 0.6) is 0 Å². The van der Waals surface area contributed by atoms with Gasteiger partial charge in [-0.2, -0.15) is 0 Å². The van der Waals surface area contributed by atoms with Gasteiger partial charge in [-0.15, -0.1) is 0 Å². The second-order valence-electron chi connectivity index (χ2n) is 12.5. The average molecular weight is 511 g/mol. The molecule has 0 heterocycles. The van der Waals surface area contributed by atoms with Gasteiger partial charge < -0.3 is 15.4 Å². The van der Waals surface area contributed by atoms with Crippen LogP contribution in [0, 0.1) is 5.92 Å². The van der Waals surface area contributed by atoms with Crippen molar-refractivity contribution in [3.05, 3.63) is 0 Å². The van der Waals surface area contributed by atoms with Crippen molar-refractivity contribution in [2.45, 2.75) is 188 Å². The number of rotatable bonds is 25. The molecule has 0 aliphatic heterocycles. The van der Waals surface area contributed by atoms with Crippen LogP contribution >= 0.6 is 0 Å². The molecular weight excluding hydrogens is 444 g/mol. The smallest absolute Gasteiger partial charge is 0.225 e. The monoisotopic (exact) mass is 511 g/mol. The third kappa shape index (κ3) is 20.4. The van der Waals surface area contributed by atoms with Crippen molar-refractivity contribution < 1.29 is 9.53 Å². The van der Waals surface area contributed by atoms with E-state index in [1.54, 1.807) is 0 Å². The minimum atomic E-state index is -0.636. The summed E-state index contributed by atoms with van der Waals surface area (Å²) in [6.45, 7) is 18.0. The molecule has 0 radical (unpaired) electrons. The van der Waals surface area contributed by atoms with Gasteiger partial charge >= 0.3 is 0 Å². The van der Waals surface area contributed by atoms with E-state index in [0.29, 0.717) is 12.6 Å². The summed E-state index contributed by atoms with van der Waals surface area (Å²) in [5.41, 5.74) is -0.618. The lowest BCUT2D eigenvalue weighted by atomic mass is 9.94. The van der Waals surface area contributed by atoms with E-state index < -0.39 is 5.72 Å². The Hall–Kier alpha value is -0.610. The van der Waals surface area contributed by atoms with Gasteiger partial charge in [0.15, 0.2) is 0 Å². The maximum Gasteiger partial charge on any atom is 0.225 e. The first-order chi connectivity index (χ1) is 17.1. The zero-order valence-corrected chi connectivity index (χ0v) is 25.9. The van der Waals surface area contributed by atoms with Crippen molar-refractivity contribution in [1.29, 1.82) is 0 Å². The third-order valence-electron chi connectivity index (χ3n) is 7.46. The summed E-state index contributed by atoms with van der Waals surface area (Å²) in [5, 5.41) is 7.12. The molecule has 0 aliphatic carbocycles. The Bertz CT molecular complexity index is 504. The van der Waals surface area contributed by atoms with Gasteiger partial charge in [-0.1, -0.05) is 118 Å². The van der Waals surface area contributed by atoms with Crippen LogP contribution in [0.25, 0.3) is 0 Å². The van der Waals surface area contributed by atoms with Crippen LogP contribution in [0.4, 0.5) is 0 Å². The molecule has 0 bridgehead atoms. The molecule has 0 fully saturated rings. The predicted octanol–water partition coefficient (Wildman–Crippen LogP) is 9.31. The Morgan fingerprint density at radius 3 is 1.64 bits per heavy atom. The number of carbonyl (C=O) groups is 1. The summed E-state index contributed by atoms with van der Waals surface area (Å²) in [7, 11) is 0. The topological polar surface area (TPSA) is 50.4 Å². The number of amides is 1. The largest absolute Gasteiger partial charge is 0.356 e. The van der Waals surface area contributed by atoms with Crippen molar-refractivity contribution in [3.8, 4) is 0 Å². The number of carbonyl (C=O) groups excluding carboxylic acids is 1. The molecule has 1 unspecified atom stereocenters. The Morgan fingerprint density at radius 1 is 0.694 bits per heavy atom. The van der Waals surface area contributed by atoms with Crippen LogP contribution in [0.15, 0.2) is 0 Å². The van der Waals surface area contributed by atoms with E-state index >= 15 is 0 Å². The molecule has 4 nitrogen and oxygen atoms in total. The molecule has 0 aromatic rings. The molecular formula is C32H66N2O2. The first-order valence-corrected chi connectivity index (χ1v) is 15.8. The number of hydrogen-bond acceptors (Lipinski definition) is 3. The van der Waals surface area contributed by atoms with E-state index in [1.807, 2.05) is 20.8 Å². The SMILES string of the molecule is CCCCCCCC(CCCCCCC)NC(C)(C)CCOC(C)(C)NC(=O)C(C)CCCCCC. The van der Waals surface area contributed by atoms with E-state index in [2.05, 4.69) is 45.3 Å². The van der Waals surface area contributed by atoms with Gasteiger partial charge in [0.2, 0.25) is 5.91 Å². The molecule has 0 rings (SSSR count). The summed E-state index contributed by atoms with van der Waals surface area (Å²) < 4.78 is 6.19. The van der Waals surface area contributed by atoms with Crippen LogP contribution in [0.3, 0.4) is 0 Å². The molecule has 1 amide bonds. The number of ether oxygens (including phenoxy) is 1. The van der Waals surface area contributed by atoms with Gasteiger partial charge in [0.05, 0.1) is 6.61 Å². The Kier molecular flexibility index (Phi) is 21.0. The van der Waals surface area contributed by atoms with Crippen molar-refractivity contribution >= 4 is 5.91 Å². The van der Waals surface area contributed by atoms with Crippen LogP contribution in [-0.2, 0) is 9.53 Å². The summed E-state index contributed by atoms with van der Waals surface area (Å²) in [6.07, 6.45) is 22.7. The Balaban J connectivity index is 4.55. The third-order valence-corrected chi connectivity index (χ3v) is 7.46. The lowest BCUT2D eigenvalue weighted by Crippen LogP contribution is -2.50. The minimum absolute atomic E-state index is 0.0180. The lowest BCUT2D eigenvalue weighted by molar-refractivity contribution is -0.135. The highest BCUT2D eigenvalue weighted by molar-refractivity contribution is 5.78. The van der Waals surface area contributed by atoms with Crippen molar-refractivity contribution in [3.63, 3.8) is 0 Å². The summed E-state index contributed by atoms with van der Waals surface area (Å²) in [4.78, 5) is 12.7. The highest BCUT2D eigenvalue weighted by atomic mass is 16.5. The zero-order chi connectivity index (χ0) is 27.3. The van der Waals surface area contributed by atoms with Crippen molar-refractivity contribution in [1.82, 2.24) is 10.6 Å². The standard InChI is InChI=1S/C32H66N2O2/c1-9-12-15-18-21-24-29(25-22-19-16-13-10-2)33-31(5,6)26-27-36-32(7,8)34-30(35)28(4)23-20-17-14-11-3/h28-29,33H,9-27H2,1-8H3,(H,34,35). The normalized spacial score (nSPS) is 13.4. The summed E-state index contributed by atoms with van der Waals surface area (Å²) in [5.74, 6) is 0.151. The molecule has 4 heteroatoms.